The SMILES string of the molecule is O=C1[C@@H]2[C@@H](C(=O)N1/N=C\c1cc([N+](=O)[O-])cc(Br)c1O)[C@H]1C=C[C@H]2CC1. The van der Waals surface area contributed by atoms with Crippen molar-refractivity contribution in [1.82, 2.24) is 5.01 Å². The lowest BCUT2D eigenvalue weighted by atomic mass is 9.63. The van der Waals surface area contributed by atoms with E-state index in [1.807, 2.05) is 12.2 Å². The van der Waals surface area contributed by atoms with Crippen molar-refractivity contribution in [3.8, 4) is 5.75 Å². The number of fused-ring (bicyclic) bond motifs is 1. The van der Waals surface area contributed by atoms with Gasteiger partial charge in [0.15, 0.2) is 0 Å². The van der Waals surface area contributed by atoms with Crippen molar-refractivity contribution in [1.29, 1.82) is 0 Å². The van der Waals surface area contributed by atoms with Crippen molar-refractivity contribution in [2.45, 2.75) is 12.8 Å². The monoisotopic (exact) mass is 419 g/mol. The summed E-state index contributed by atoms with van der Waals surface area (Å²) in [6.07, 6.45) is 6.90. The number of carbonyl (C=O) groups excluding carboxylic acids is 2. The second kappa shape index (κ2) is 6.01. The number of hydrogen-bond donors (Lipinski definition) is 1. The molecule has 26 heavy (non-hydrogen) atoms. The van der Waals surface area contributed by atoms with Gasteiger partial charge in [-0.1, -0.05) is 12.2 Å². The second-order valence-electron chi connectivity index (χ2n) is 6.70. The average Bonchev–Trinajstić information content (AvgIpc) is 2.90. The number of allylic oxidation sites excluding steroid dienone is 2. The van der Waals surface area contributed by atoms with E-state index in [1.54, 1.807) is 0 Å². The first-order chi connectivity index (χ1) is 12.4. The summed E-state index contributed by atoms with van der Waals surface area (Å²) in [5, 5.41) is 25.8. The van der Waals surface area contributed by atoms with Crippen molar-refractivity contribution in [2.24, 2.45) is 28.8 Å². The summed E-state index contributed by atoms with van der Waals surface area (Å²) in [6.45, 7) is 0. The molecule has 9 heteroatoms. The minimum atomic E-state index is -0.606. The standard InChI is InChI=1S/C17H14BrN3O5/c18-12-6-11(21(25)26)5-10(15(12)22)7-19-20-16(23)13-8-1-2-9(4-3-8)14(13)17(20)24/h1-2,5-9,13-14,22H,3-4H2/b19-7-/t8-,9-,13-,14-/m0/s1. The van der Waals surface area contributed by atoms with E-state index in [0.29, 0.717) is 0 Å². The van der Waals surface area contributed by atoms with Crippen LogP contribution in [0.4, 0.5) is 5.69 Å². The summed E-state index contributed by atoms with van der Waals surface area (Å²) in [6, 6.07) is 2.30. The molecule has 1 saturated heterocycles. The van der Waals surface area contributed by atoms with E-state index in [1.165, 1.54) is 0 Å². The highest BCUT2D eigenvalue weighted by Crippen LogP contribution is 2.49. The van der Waals surface area contributed by atoms with E-state index in [0.717, 1.165) is 36.2 Å². The van der Waals surface area contributed by atoms with Crippen molar-refractivity contribution >= 4 is 39.6 Å². The smallest absolute Gasteiger partial charge is 0.271 e. The summed E-state index contributed by atoms with van der Waals surface area (Å²) in [5.74, 6) is -1.59. The number of halogens is 1. The summed E-state index contributed by atoms with van der Waals surface area (Å²) >= 11 is 3.04. The maximum Gasteiger partial charge on any atom is 0.271 e. The molecule has 2 amide bonds. The number of non-ortho nitro benzene ring substituents is 1. The van der Waals surface area contributed by atoms with Gasteiger partial charge in [-0.25, -0.2) is 0 Å². The van der Waals surface area contributed by atoms with E-state index in [9.17, 15) is 24.8 Å². The number of phenols is 1. The zero-order valence-corrected chi connectivity index (χ0v) is 15.0. The van der Waals surface area contributed by atoms with Gasteiger partial charge in [-0.05, 0) is 40.6 Å². The Balaban J connectivity index is 1.65. The molecule has 2 fully saturated rings. The Labute approximate surface area is 156 Å². The number of rotatable bonds is 3. The normalized spacial score (nSPS) is 29.7. The molecule has 1 aromatic carbocycles. The number of nitro groups is 1. The van der Waals surface area contributed by atoms with Crippen LogP contribution in [0.15, 0.2) is 33.9 Å². The molecule has 3 aliphatic carbocycles. The number of phenolic OH excluding ortho intramolecular Hbond substituents is 1. The summed E-state index contributed by atoms with van der Waals surface area (Å²) in [7, 11) is 0. The highest BCUT2D eigenvalue weighted by Gasteiger charge is 2.56. The summed E-state index contributed by atoms with van der Waals surface area (Å²) < 4.78 is 0.128. The molecule has 5 rings (SSSR count). The van der Waals surface area contributed by atoms with Gasteiger partial charge >= 0.3 is 0 Å². The molecular formula is C17H14BrN3O5. The van der Waals surface area contributed by atoms with Gasteiger partial charge in [-0.3, -0.25) is 19.7 Å². The van der Waals surface area contributed by atoms with Crippen LogP contribution in [-0.4, -0.2) is 33.1 Å². The third-order valence-corrected chi connectivity index (χ3v) is 5.94. The molecule has 4 aliphatic rings. The molecule has 4 atom stereocenters. The van der Waals surface area contributed by atoms with E-state index in [-0.39, 0.29) is 57.0 Å². The van der Waals surface area contributed by atoms with Crippen molar-refractivity contribution in [3.63, 3.8) is 0 Å². The van der Waals surface area contributed by atoms with Crippen LogP contribution in [0.5, 0.6) is 5.75 Å². The Morgan fingerprint density at radius 3 is 2.27 bits per heavy atom. The number of carbonyl (C=O) groups is 2. The Morgan fingerprint density at radius 2 is 1.77 bits per heavy atom. The predicted octanol–water partition coefficient (Wildman–Crippen LogP) is 2.59. The molecule has 0 aromatic heterocycles. The van der Waals surface area contributed by atoms with Crippen LogP contribution in [0.1, 0.15) is 18.4 Å². The number of benzene rings is 1. The quantitative estimate of drug-likeness (QED) is 0.266. The van der Waals surface area contributed by atoms with Crippen LogP contribution >= 0.6 is 15.9 Å². The molecule has 1 aliphatic heterocycles. The fourth-order valence-electron chi connectivity index (χ4n) is 4.10. The molecule has 1 N–H and O–H groups in total. The second-order valence-corrected chi connectivity index (χ2v) is 7.55. The van der Waals surface area contributed by atoms with Crippen LogP contribution < -0.4 is 0 Å². The van der Waals surface area contributed by atoms with E-state index >= 15 is 0 Å². The molecule has 1 saturated carbocycles. The Morgan fingerprint density at radius 1 is 1.19 bits per heavy atom. The predicted molar refractivity (Wildman–Crippen MR) is 94.2 cm³/mol. The fourth-order valence-corrected chi connectivity index (χ4v) is 4.56. The minimum Gasteiger partial charge on any atom is -0.506 e. The maximum absolute atomic E-state index is 12.7. The summed E-state index contributed by atoms with van der Waals surface area (Å²) in [4.78, 5) is 35.7. The number of nitro benzene ring substituents is 1. The Bertz CT molecular complexity index is 865. The lowest BCUT2D eigenvalue weighted by molar-refractivity contribution is -0.385. The number of aromatic hydroxyl groups is 1. The average molecular weight is 420 g/mol. The molecule has 0 radical (unpaired) electrons. The molecule has 8 nitrogen and oxygen atoms in total. The number of hydrogen-bond acceptors (Lipinski definition) is 6. The van der Waals surface area contributed by atoms with Gasteiger partial charge in [0.25, 0.3) is 17.5 Å². The van der Waals surface area contributed by atoms with Gasteiger partial charge in [-0.2, -0.15) is 10.1 Å². The van der Waals surface area contributed by atoms with Gasteiger partial charge in [-0.15, -0.1) is 0 Å². The topological polar surface area (TPSA) is 113 Å². The fraction of sp³-hybridized carbons (Fsp3) is 0.353. The first-order valence-electron chi connectivity index (χ1n) is 8.15. The van der Waals surface area contributed by atoms with Crippen molar-refractivity contribution in [2.75, 3.05) is 0 Å². The molecule has 1 heterocycles. The van der Waals surface area contributed by atoms with Crippen LogP contribution in [0.25, 0.3) is 0 Å². The van der Waals surface area contributed by atoms with Gasteiger partial charge in [0.05, 0.1) is 27.4 Å². The highest BCUT2D eigenvalue weighted by molar-refractivity contribution is 9.10. The number of amides is 2. The Kier molecular flexibility index (Phi) is 3.91. The molecule has 1 aromatic rings. The van der Waals surface area contributed by atoms with Gasteiger partial charge in [0, 0.05) is 17.7 Å². The lowest BCUT2D eigenvalue weighted by Gasteiger charge is -2.37. The molecule has 2 bridgehead atoms. The zero-order chi connectivity index (χ0) is 18.6. The van der Waals surface area contributed by atoms with E-state index in [4.69, 9.17) is 0 Å². The first-order valence-corrected chi connectivity index (χ1v) is 8.95. The van der Waals surface area contributed by atoms with Crippen LogP contribution in [0.3, 0.4) is 0 Å². The third-order valence-electron chi connectivity index (χ3n) is 5.34. The van der Waals surface area contributed by atoms with Crippen LogP contribution in [0, 0.1) is 33.8 Å². The summed E-state index contributed by atoms with van der Waals surface area (Å²) in [5.41, 5.74) is -0.200. The molecular weight excluding hydrogens is 406 g/mol. The molecule has 0 unspecified atom stereocenters. The minimum absolute atomic E-state index is 0.0441. The molecule has 0 spiro atoms. The lowest BCUT2D eigenvalue weighted by Crippen LogP contribution is -2.38. The van der Waals surface area contributed by atoms with E-state index < -0.39 is 4.92 Å². The number of nitrogens with zero attached hydrogens (tertiary/aromatic N) is 3. The highest BCUT2D eigenvalue weighted by atomic mass is 79.9. The van der Waals surface area contributed by atoms with Crippen molar-refractivity contribution in [3.05, 3.63) is 44.4 Å². The molecule has 134 valence electrons. The third kappa shape index (κ3) is 2.45. The largest absolute Gasteiger partial charge is 0.506 e. The van der Waals surface area contributed by atoms with Crippen LogP contribution in [0.2, 0.25) is 0 Å². The number of hydrazone groups is 1. The van der Waals surface area contributed by atoms with Crippen molar-refractivity contribution < 1.29 is 19.6 Å². The van der Waals surface area contributed by atoms with E-state index in [2.05, 4.69) is 21.0 Å². The van der Waals surface area contributed by atoms with Gasteiger partial charge in [0.2, 0.25) is 0 Å². The van der Waals surface area contributed by atoms with Crippen LogP contribution in [-0.2, 0) is 9.59 Å². The first kappa shape index (κ1) is 16.9. The zero-order valence-electron chi connectivity index (χ0n) is 13.4. The number of imide groups is 1. The maximum atomic E-state index is 12.7. The van der Waals surface area contributed by atoms with Gasteiger partial charge < -0.3 is 5.11 Å². The van der Waals surface area contributed by atoms with Gasteiger partial charge in [0.1, 0.15) is 5.75 Å². The Hall–Kier alpha value is -2.55.